The van der Waals surface area contributed by atoms with E-state index in [0.29, 0.717) is 18.6 Å². The summed E-state index contributed by atoms with van der Waals surface area (Å²) in [6, 6.07) is 7.04. The van der Waals surface area contributed by atoms with Gasteiger partial charge in [-0.15, -0.1) is 0 Å². The first kappa shape index (κ1) is 13.0. The van der Waals surface area contributed by atoms with E-state index in [2.05, 4.69) is 0 Å². The molecule has 0 aliphatic heterocycles. The largest absolute Gasteiger partial charge is 0.482 e. The summed E-state index contributed by atoms with van der Waals surface area (Å²) in [5, 5.41) is 0. The zero-order valence-corrected chi connectivity index (χ0v) is 9.59. The fourth-order valence-corrected chi connectivity index (χ4v) is 1.17. The Morgan fingerprint density at radius 2 is 2.00 bits per heavy atom. The fraction of sp³-hybridized carbons (Fsp3) is 0.231. The van der Waals surface area contributed by atoms with Crippen LogP contribution < -0.4 is 4.74 Å². The Bertz CT molecular complexity index is 392. The highest BCUT2D eigenvalue weighted by molar-refractivity contribution is 5.74. The van der Waals surface area contributed by atoms with Crippen molar-refractivity contribution in [2.75, 3.05) is 13.2 Å². The van der Waals surface area contributed by atoms with Gasteiger partial charge in [0.25, 0.3) is 0 Å². The first-order valence-electron chi connectivity index (χ1n) is 5.26. The molecule has 0 heterocycles. The van der Waals surface area contributed by atoms with E-state index in [-0.39, 0.29) is 6.61 Å². The van der Waals surface area contributed by atoms with Crippen molar-refractivity contribution in [3.63, 3.8) is 0 Å². The first-order chi connectivity index (χ1) is 8.26. The first-order valence-corrected chi connectivity index (χ1v) is 5.26. The van der Waals surface area contributed by atoms with Crippen molar-refractivity contribution < 1.29 is 19.1 Å². The van der Waals surface area contributed by atoms with Crippen molar-refractivity contribution in [2.24, 2.45) is 0 Å². The maximum Gasteiger partial charge on any atom is 0.344 e. The van der Waals surface area contributed by atoms with Crippen molar-refractivity contribution in [3.8, 4) is 5.75 Å². The van der Waals surface area contributed by atoms with Gasteiger partial charge in [0.05, 0.1) is 6.61 Å². The molecule has 1 aromatic carbocycles. The van der Waals surface area contributed by atoms with Gasteiger partial charge in [-0.1, -0.05) is 18.2 Å². The molecule has 0 spiro atoms. The zero-order valence-electron chi connectivity index (χ0n) is 9.59. The summed E-state index contributed by atoms with van der Waals surface area (Å²) in [5.41, 5.74) is 0.889. The highest BCUT2D eigenvalue weighted by Gasteiger charge is 2.02. The van der Waals surface area contributed by atoms with E-state index in [0.717, 1.165) is 5.56 Å². The van der Waals surface area contributed by atoms with Gasteiger partial charge in [0.1, 0.15) is 12.0 Å². The van der Waals surface area contributed by atoms with Crippen LogP contribution in [0.3, 0.4) is 0 Å². The van der Waals surface area contributed by atoms with Crippen molar-refractivity contribution in [1.82, 2.24) is 0 Å². The minimum Gasteiger partial charge on any atom is -0.482 e. The van der Waals surface area contributed by atoms with E-state index < -0.39 is 5.97 Å². The maximum atomic E-state index is 11.0. The summed E-state index contributed by atoms with van der Waals surface area (Å²) in [5.74, 6) is 0.193. The SMILES string of the molecule is CCOC(=O)COc1ccc(C=CC=O)cc1. The number of ether oxygens (including phenoxy) is 2. The Balaban J connectivity index is 2.48. The highest BCUT2D eigenvalue weighted by atomic mass is 16.6. The fourth-order valence-electron chi connectivity index (χ4n) is 1.17. The van der Waals surface area contributed by atoms with Gasteiger partial charge in [-0.2, -0.15) is 0 Å². The zero-order chi connectivity index (χ0) is 12.5. The molecule has 4 heteroatoms. The second-order valence-corrected chi connectivity index (χ2v) is 3.16. The molecule has 0 radical (unpaired) electrons. The van der Waals surface area contributed by atoms with E-state index in [1.54, 1.807) is 37.3 Å². The standard InChI is InChI=1S/C13H14O4/c1-2-16-13(15)10-17-12-7-5-11(6-8-12)4-3-9-14/h3-9H,2,10H2,1H3. The summed E-state index contributed by atoms with van der Waals surface area (Å²) in [6.45, 7) is 1.99. The van der Waals surface area contributed by atoms with Crippen LogP contribution in [-0.4, -0.2) is 25.5 Å². The molecule has 90 valence electrons. The summed E-state index contributed by atoms with van der Waals surface area (Å²) in [4.78, 5) is 21.1. The molecular weight excluding hydrogens is 220 g/mol. The third kappa shape index (κ3) is 4.97. The lowest BCUT2D eigenvalue weighted by Crippen LogP contribution is -2.14. The Kier molecular flexibility index (Phi) is 5.51. The number of carbonyl (C=O) groups is 2. The molecule has 4 nitrogen and oxygen atoms in total. The van der Waals surface area contributed by atoms with Gasteiger partial charge < -0.3 is 9.47 Å². The van der Waals surface area contributed by atoms with Crippen LogP contribution in [0.25, 0.3) is 6.08 Å². The lowest BCUT2D eigenvalue weighted by Gasteiger charge is -2.05. The lowest BCUT2D eigenvalue weighted by atomic mass is 10.2. The molecule has 0 N–H and O–H groups in total. The molecule has 17 heavy (non-hydrogen) atoms. The number of aldehydes is 1. The van der Waals surface area contributed by atoms with Gasteiger partial charge in [-0.3, -0.25) is 4.79 Å². The lowest BCUT2D eigenvalue weighted by molar-refractivity contribution is -0.145. The second kappa shape index (κ2) is 7.22. The molecule has 0 bridgehead atoms. The maximum absolute atomic E-state index is 11.0. The van der Waals surface area contributed by atoms with Gasteiger partial charge in [-0.25, -0.2) is 4.79 Å². The third-order valence-corrected chi connectivity index (χ3v) is 1.91. The molecule has 0 saturated carbocycles. The van der Waals surface area contributed by atoms with E-state index >= 15 is 0 Å². The predicted molar refractivity (Wildman–Crippen MR) is 63.7 cm³/mol. The van der Waals surface area contributed by atoms with E-state index in [4.69, 9.17) is 9.47 Å². The quantitative estimate of drug-likeness (QED) is 0.428. The van der Waals surface area contributed by atoms with Crippen LogP contribution in [0.15, 0.2) is 30.3 Å². The average molecular weight is 234 g/mol. The number of hydrogen-bond donors (Lipinski definition) is 0. The molecule has 0 saturated heterocycles. The summed E-state index contributed by atoms with van der Waals surface area (Å²) >= 11 is 0. The van der Waals surface area contributed by atoms with Crippen molar-refractivity contribution in [2.45, 2.75) is 6.92 Å². The second-order valence-electron chi connectivity index (χ2n) is 3.16. The van der Waals surface area contributed by atoms with Gasteiger partial charge in [-0.05, 0) is 30.7 Å². The van der Waals surface area contributed by atoms with Crippen LogP contribution in [0.4, 0.5) is 0 Å². The normalized spacial score (nSPS) is 10.2. The molecule has 0 aromatic heterocycles. The smallest absolute Gasteiger partial charge is 0.344 e. The Morgan fingerprint density at radius 1 is 1.29 bits per heavy atom. The van der Waals surface area contributed by atoms with Crippen molar-refractivity contribution in [3.05, 3.63) is 35.9 Å². The van der Waals surface area contributed by atoms with Crippen molar-refractivity contribution >= 4 is 18.3 Å². The van der Waals surface area contributed by atoms with Gasteiger partial charge >= 0.3 is 5.97 Å². The molecule has 1 rings (SSSR count). The van der Waals surface area contributed by atoms with Gasteiger partial charge in [0, 0.05) is 0 Å². The van der Waals surface area contributed by atoms with Crippen molar-refractivity contribution in [1.29, 1.82) is 0 Å². The number of carbonyl (C=O) groups excluding carboxylic acids is 2. The molecule has 0 atom stereocenters. The van der Waals surface area contributed by atoms with Gasteiger partial charge in [0.15, 0.2) is 6.61 Å². The van der Waals surface area contributed by atoms with E-state index in [9.17, 15) is 9.59 Å². The van der Waals surface area contributed by atoms with Crippen LogP contribution in [0.5, 0.6) is 5.75 Å². The summed E-state index contributed by atoms with van der Waals surface area (Å²) in [6.07, 6.45) is 3.81. The minimum absolute atomic E-state index is 0.0998. The van der Waals surface area contributed by atoms with Crippen LogP contribution in [0.1, 0.15) is 12.5 Å². The van der Waals surface area contributed by atoms with Crippen LogP contribution >= 0.6 is 0 Å². The average Bonchev–Trinajstić information content (AvgIpc) is 2.35. The highest BCUT2D eigenvalue weighted by Crippen LogP contribution is 2.12. The topological polar surface area (TPSA) is 52.6 Å². The Hall–Kier alpha value is -2.10. The number of allylic oxidation sites excluding steroid dienone is 1. The molecule has 0 unspecified atom stereocenters. The van der Waals surface area contributed by atoms with E-state index in [1.807, 2.05) is 0 Å². The Morgan fingerprint density at radius 3 is 2.59 bits per heavy atom. The number of esters is 1. The molecule has 0 amide bonds. The minimum atomic E-state index is -0.391. The number of rotatable bonds is 6. The number of hydrogen-bond acceptors (Lipinski definition) is 4. The van der Waals surface area contributed by atoms with E-state index in [1.165, 1.54) is 6.08 Å². The molecule has 1 aromatic rings. The molecule has 0 aliphatic carbocycles. The Labute approximate surface area is 99.8 Å². The summed E-state index contributed by atoms with van der Waals surface area (Å²) < 4.78 is 9.94. The number of benzene rings is 1. The van der Waals surface area contributed by atoms with Crippen LogP contribution in [0.2, 0.25) is 0 Å². The third-order valence-electron chi connectivity index (χ3n) is 1.91. The monoisotopic (exact) mass is 234 g/mol. The molecule has 0 fully saturated rings. The molecular formula is C13H14O4. The van der Waals surface area contributed by atoms with Gasteiger partial charge in [0.2, 0.25) is 0 Å². The summed E-state index contributed by atoms with van der Waals surface area (Å²) in [7, 11) is 0. The van der Waals surface area contributed by atoms with Crippen LogP contribution in [-0.2, 0) is 14.3 Å². The van der Waals surface area contributed by atoms with Crippen LogP contribution in [0, 0.1) is 0 Å². The predicted octanol–water partition coefficient (Wildman–Crippen LogP) is 1.84. The molecule has 0 aliphatic rings.